The summed E-state index contributed by atoms with van der Waals surface area (Å²) in [4.78, 5) is 24.5. The van der Waals surface area contributed by atoms with Crippen LogP contribution in [-0.4, -0.2) is 41.6 Å². The topological polar surface area (TPSA) is 93.4 Å². The standard InChI is InChI=1S/C15H19N3O3/c1-11(9-16)10-18(2)15(21)17-13(14(19)20)8-12-6-4-3-5-7-12/h3-7,11,13H,8,10H2,1-2H3,(H,17,21)(H,19,20). The molecule has 0 saturated heterocycles. The van der Waals surface area contributed by atoms with Crippen molar-refractivity contribution in [3.05, 3.63) is 35.9 Å². The molecule has 0 heterocycles. The van der Waals surface area contributed by atoms with Crippen LogP contribution in [0, 0.1) is 17.2 Å². The highest BCUT2D eigenvalue weighted by molar-refractivity contribution is 5.82. The summed E-state index contributed by atoms with van der Waals surface area (Å²) in [6.07, 6.45) is 0.212. The Labute approximate surface area is 124 Å². The molecule has 0 fully saturated rings. The van der Waals surface area contributed by atoms with E-state index < -0.39 is 18.0 Å². The first-order valence-corrected chi connectivity index (χ1v) is 6.62. The number of amides is 2. The van der Waals surface area contributed by atoms with Gasteiger partial charge in [0.05, 0.1) is 12.0 Å². The van der Waals surface area contributed by atoms with Gasteiger partial charge < -0.3 is 15.3 Å². The first-order chi connectivity index (χ1) is 9.93. The van der Waals surface area contributed by atoms with Crippen molar-refractivity contribution < 1.29 is 14.7 Å². The minimum Gasteiger partial charge on any atom is -0.480 e. The number of carboxylic acids is 1. The van der Waals surface area contributed by atoms with Crippen LogP contribution in [0.3, 0.4) is 0 Å². The third kappa shape index (κ3) is 5.53. The highest BCUT2D eigenvalue weighted by atomic mass is 16.4. The van der Waals surface area contributed by atoms with Crippen LogP contribution < -0.4 is 5.32 Å². The number of aliphatic carboxylic acids is 1. The number of carbonyl (C=O) groups excluding carboxylic acids is 1. The van der Waals surface area contributed by atoms with Crippen LogP contribution in [0.1, 0.15) is 12.5 Å². The van der Waals surface area contributed by atoms with Crippen molar-refractivity contribution in [2.75, 3.05) is 13.6 Å². The number of nitriles is 1. The van der Waals surface area contributed by atoms with Crippen molar-refractivity contribution in [2.45, 2.75) is 19.4 Å². The molecule has 2 atom stereocenters. The van der Waals surface area contributed by atoms with Crippen LogP contribution in [0.15, 0.2) is 30.3 Å². The summed E-state index contributed by atoms with van der Waals surface area (Å²) in [5, 5.41) is 20.4. The summed E-state index contributed by atoms with van der Waals surface area (Å²) >= 11 is 0. The molecular weight excluding hydrogens is 270 g/mol. The Hall–Kier alpha value is -2.55. The molecule has 0 radical (unpaired) electrons. The molecule has 0 aliphatic heterocycles. The minimum atomic E-state index is -1.09. The number of nitrogens with one attached hydrogen (secondary N) is 1. The molecule has 0 bridgehead atoms. The van der Waals surface area contributed by atoms with Gasteiger partial charge in [-0.25, -0.2) is 9.59 Å². The molecule has 0 saturated carbocycles. The summed E-state index contributed by atoms with van der Waals surface area (Å²) in [6, 6.07) is 9.62. The number of carbonyl (C=O) groups is 2. The Kier molecular flexibility index (Phi) is 6.21. The van der Waals surface area contributed by atoms with E-state index in [-0.39, 0.29) is 18.9 Å². The van der Waals surface area contributed by atoms with E-state index >= 15 is 0 Å². The van der Waals surface area contributed by atoms with Gasteiger partial charge in [0.15, 0.2) is 0 Å². The van der Waals surface area contributed by atoms with Crippen LogP contribution in [0.5, 0.6) is 0 Å². The van der Waals surface area contributed by atoms with Gasteiger partial charge in [-0.3, -0.25) is 0 Å². The molecule has 2 N–H and O–H groups in total. The fourth-order valence-corrected chi connectivity index (χ4v) is 1.84. The van der Waals surface area contributed by atoms with Gasteiger partial charge in [-0.2, -0.15) is 5.26 Å². The van der Waals surface area contributed by atoms with Crippen LogP contribution in [0.2, 0.25) is 0 Å². The average Bonchev–Trinajstić information content (AvgIpc) is 2.47. The molecule has 1 aromatic carbocycles. The van der Waals surface area contributed by atoms with Gasteiger partial charge in [-0.15, -0.1) is 0 Å². The monoisotopic (exact) mass is 289 g/mol. The van der Waals surface area contributed by atoms with E-state index in [4.69, 9.17) is 5.26 Å². The first kappa shape index (κ1) is 16.5. The smallest absolute Gasteiger partial charge is 0.326 e. The Balaban J connectivity index is 2.64. The third-order valence-corrected chi connectivity index (χ3v) is 2.99. The molecule has 112 valence electrons. The van der Waals surface area contributed by atoms with Gasteiger partial charge in [0.2, 0.25) is 0 Å². The van der Waals surface area contributed by atoms with Gasteiger partial charge in [-0.05, 0) is 12.5 Å². The van der Waals surface area contributed by atoms with Gasteiger partial charge in [-0.1, -0.05) is 30.3 Å². The number of hydrogen-bond donors (Lipinski definition) is 2. The lowest BCUT2D eigenvalue weighted by atomic mass is 10.1. The quantitative estimate of drug-likeness (QED) is 0.829. The summed E-state index contributed by atoms with van der Waals surface area (Å²) < 4.78 is 0. The zero-order valence-corrected chi connectivity index (χ0v) is 12.1. The highest BCUT2D eigenvalue weighted by Gasteiger charge is 2.22. The second-order valence-corrected chi connectivity index (χ2v) is 4.94. The second-order valence-electron chi connectivity index (χ2n) is 4.94. The lowest BCUT2D eigenvalue weighted by molar-refractivity contribution is -0.139. The van der Waals surface area contributed by atoms with Gasteiger partial charge in [0.25, 0.3) is 0 Å². The molecule has 6 heteroatoms. The molecule has 2 unspecified atom stereocenters. The number of carboxylic acid groups (broad SMARTS) is 1. The van der Waals surface area contributed by atoms with Gasteiger partial charge in [0, 0.05) is 20.0 Å². The maximum Gasteiger partial charge on any atom is 0.326 e. The van der Waals surface area contributed by atoms with E-state index in [1.807, 2.05) is 36.4 Å². The van der Waals surface area contributed by atoms with Crippen molar-refractivity contribution in [1.82, 2.24) is 10.2 Å². The van der Waals surface area contributed by atoms with Gasteiger partial charge >= 0.3 is 12.0 Å². The minimum absolute atomic E-state index is 0.212. The molecule has 0 aromatic heterocycles. The molecule has 1 aromatic rings. The Morgan fingerprint density at radius 2 is 2.00 bits per heavy atom. The zero-order valence-electron chi connectivity index (χ0n) is 12.1. The van der Waals surface area contributed by atoms with Gasteiger partial charge in [0.1, 0.15) is 6.04 Å². The summed E-state index contributed by atoms with van der Waals surface area (Å²) in [6.45, 7) is 1.95. The lowest BCUT2D eigenvalue weighted by Gasteiger charge is -2.22. The predicted molar refractivity (Wildman–Crippen MR) is 77.5 cm³/mol. The van der Waals surface area contributed by atoms with E-state index in [0.29, 0.717) is 0 Å². The first-order valence-electron chi connectivity index (χ1n) is 6.62. The molecule has 0 spiro atoms. The molecule has 1 rings (SSSR count). The number of benzene rings is 1. The van der Waals surface area contributed by atoms with Crippen molar-refractivity contribution in [2.24, 2.45) is 5.92 Å². The number of nitrogens with zero attached hydrogens (tertiary/aromatic N) is 2. The normalized spacial score (nSPS) is 12.8. The predicted octanol–water partition coefficient (Wildman–Crippen LogP) is 1.48. The van der Waals surface area contributed by atoms with Crippen molar-refractivity contribution in [3.8, 4) is 6.07 Å². The van der Waals surface area contributed by atoms with Crippen LogP contribution in [-0.2, 0) is 11.2 Å². The largest absolute Gasteiger partial charge is 0.480 e. The molecule has 0 aliphatic rings. The van der Waals surface area contributed by atoms with E-state index in [2.05, 4.69) is 5.32 Å². The third-order valence-electron chi connectivity index (χ3n) is 2.99. The molecule has 6 nitrogen and oxygen atoms in total. The van der Waals surface area contributed by atoms with E-state index in [1.54, 1.807) is 6.92 Å². The van der Waals surface area contributed by atoms with E-state index in [1.165, 1.54) is 11.9 Å². The summed E-state index contributed by atoms with van der Waals surface area (Å²) in [5.41, 5.74) is 0.832. The fraction of sp³-hybridized carbons (Fsp3) is 0.400. The van der Waals surface area contributed by atoms with E-state index in [0.717, 1.165) is 5.56 Å². The van der Waals surface area contributed by atoms with Crippen LogP contribution in [0.4, 0.5) is 4.79 Å². The summed E-state index contributed by atoms with van der Waals surface area (Å²) in [5.74, 6) is -1.40. The zero-order chi connectivity index (χ0) is 15.8. The molecule has 0 aliphatic carbocycles. The maximum absolute atomic E-state index is 11.9. The summed E-state index contributed by atoms with van der Waals surface area (Å²) in [7, 11) is 1.53. The number of rotatable bonds is 6. The lowest BCUT2D eigenvalue weighted by Crippen LogP contribution is -2.48. The Bertz CT molecular complexity index is 525. The SMILES string of the molecule is CC(C#N)CN(C)C(=O)NC(Cc1ccccc1)C(=O)O. The highest BCUT2D eigenvalue weighted by Crippen LogP contribution is 2.04. The van der Waals surface area contributed by atoms with Crippen LogP contribution >= 0.6 is 0 Å². The fourth-order valence-electron chi connectivity index (χ4n) is 1.84. The van der Waals surface area contributed by atoms with Crippen molar-refractivity contribution >= 4 is 12.0 Å². The number of hydrogen-bond acceptors (Lipinski definition) is 3. The molecule has 21 heavy (non-hydrogen) atoms. The Morgan fingerprint density at radius 3 is 2.52 bits per heavy atom. The number of urea groups is 1. The maximum atomic E-state index is 11.9. The molecule has 2 amide bonds. The average molecular weight is 289 g/mol. The van der Waals surface area contributed by atoms with E-state index in [9.17, 15) is 14.7 Å². The Morgan fingerprint density at radius 1 is 1.38 bits per heavy atom. The molecular formula is C15H19N3O3. The van der Waals surface area contributed by atoms with Crippen molar-refractivity contribution in [3.63, 3.8) is 0 Å². The van der Waals surface area contributed by atoms with Crippen LogP contribution in [0.25, 0.3) is 0 Å². The second kappa shape index (κ2) is 7.90. The van der Waals surface area contributed by atoms with Crippen molar-refractivity contribution in [1.29, 1.82) is 5.26 Å².